The Bertz CT molecular complexity index is 1380. The van der Waals surface area contributed by atoms with Crippen molar-refractivity contribution in [2.45, 2.75) is 62.2 Å². The first kappa shape index (κ1) is 23.7. The number of hydrogen-bond donors (Lipinski definition) is 1. The lowest BCUT2D eigenvalue weighted by atomic mass is 9.85. The van der Waals surface area contributed by atoms with Gasteiger partial charge in [-0.25, -0.2) is 13.2 Å². The van der Waals surface area contributed by atoms with Gasteiger partial charge in [0.15, 0.2) is 0 Å². The number of nitrogens with zero attached hydrogens (tertiary/aromatic N) is 1. The highest BCUT2D eigenvalue weighted by Gasteiger charge is 2.38. The van der Waals surface area contributed by atoms with Crippen molar-refractivity contribution in [3.05, 3.63) is 87.5 Å². The molecule has 0 spiro atoms. The normalized spacial score (nSPS) is 17.2. The Balaban J connectivity index is 1.56. The molecule has 184 valence electrons. The van der Waals surface area contributed by atoms with E-state index in [2.05, 4.69) is 0 Å². The third kappa shape index (κ3) is 4.61. The van der Waals surface area contributed by atoms with E-state index >= 15 is 0 Å². The molecule has 2 aliphatic carbocycles. The number of anilines is 1. The molecule has 1 heterocycles. The fourth-order valence-corrected chi connectivity index (χ4v) is 6.41. The second-order valence-electron chi connectivity index (χ2n) is 9.66. The van der Waals surface area contributed by atoms with Crippen LogP contribution in [0.25, 0.3) is 0 Å². The molecule has 0 saturated heterocycles. The zero-order valence-corrected chi connectivity index (χ0v) is 20.8. The predicted molar refractivity (Wildman–Crippen MR) is 136 cm³/mol. The summed E-state index contributed by atoms with van der Waals surface area (Å²) >= 11 is 0. The van der Waals surface area contributed by atoms with Crippen LogP contribution in [0.1, 0.15) is 66.9 Å². The zero-order chi connectivity index (χ0) is 24.6. The van der Waals surface area contributed by atoms with Gasteiger partial charge in [-0.15, -0.1) is 0 Å². The van der Waals surface area contributed by atoms with Crippen molar-refractivity contribution in [1.29, 1.82) is 0 Å². The summed E-state index contributed by atoms with van der Waals surface area (Å²) in [6.45, 7) is 0. The summed E-state index contributed by atoms with van der Waals surface area (Å²) in [7, 11) is -2.20. The van der Waals surface area contributed by atoms with Crippen molar-refractivity contribution in [3.63, 3.8) is 0 Å². The lowest BCUT2D eigenvalue weighted by Crippen LogP contribution is -2.26. The highest BCUT2D eigenvalue weighted by Crippen LogP contribution is 2.49. The minimum Gasteiger partial charge on any atom is -0.507 e. The van der Waals surface area contributed by atoms with Crippen molar-refractivity contribution < 1.29 is 17.9 Å². The van der Waals surface area contributed by atoms with Gasteiger partial charge in [-0.3, -0.25) is 4.31 Å². The fraction of sp³-hybridized carbons (Fsp3) is 0.393. The van der Waals surface area contributed by atoms with Gasteiger partial charge in [0.25, 0.3) is 10.0 Å². The maximum atomic E-state index is 13.2. The topological polar surface area (TPSA) is 87.8 Å². The summed E-state index contributed by atoms with van der Waals surface area (Å²) in [6.07, 6.45) is 7.38. The Morgan fingerprint density at radius 2 is 1.69 bits per heavy atom. The van der Waals surface area contributed by atoms with Crippen LogP contribution in [-0.2, 0) is 22.9 Å². The smallest absolute Gasteiger partial charge is 0.343 e. The zero-order valence-electron chi connectivity index (χ0n) is 19.9. The summed E-state index contributed by atoms with van der Waals surface area (Å²) in [6, 6.07) is 15.6. The molecular weight excluding hydrogens is 462 g/mol. The molecule has 1 atom stereocenters. The van der Waals surface area contributed by atoms with Crippen LogP contribution in [0.3, 0.4) is 0 Å². The first-order chi connectivity index (χ1) is 16.9. The van der Waals surface area contributed by atoms with Crippen LogP contribution in [0.15, 0.2) is 68.7 Å². The predicted octanol–water partition coefficient (Wildman–Crippen LogP) is 5.37. The Kier molecular flexibility index (Phi) is 6.45. The number of aromatic hydroxyl groups is 1. The molecule has 0 radical (unpaired) electrons. The van der Waals surface area contributed by atoms with E-state index in [1.54, 1.807) is 36.4 Å². The van der Waals surface area contributed by atoms with Crippen molar-refractivity contribution >= 4 is 15.7 Å². The van der Waals surface area contributed by atoms with Gasteiger partial charge in [-0.05, 0) is 67.9 Å². The molecule has 1 saturated carbocycles. The number of fused-ring (bicyclic) bond motifs is 1. The monoisotopic (exact) mass is 493 g/mol. The lowest BCUT2D eigenvalue weighted by Gasteiger charge is -2.24. The van der Waals surface area contributed by atoms with Gasteiger partial charge in [0.05, 0.1) is 16.1 Å². The summed E-state index contributed by atoms with van der Waals surface area (Å²) in [5, 5.41) is 11.3. The van der Waals surface area contributed by atoms with Crippen molar-refractivity contribution in [3.8, 4) is 5.75 Å². The average Bonchev–Trinajstić information content (AvgIpc) is 3.68. The van der Waals surface area contributed by atoms with Gasteiger partial charge in [-0.2, -0.15) is 0 Å². The van der Waals surface area contributed by atoms with Crippen LogP contribution < -0.4 is 9.93 Å². The Morgan fingerprint density at radius 1 is 0.971 bits per heavy atom. The van der Waals surface area contributed by atoms with Gasteiger partial charge in [0.1, 0.15) is 11.5 Å². The Labute approximate surface area is 206 Å². The minimum absolute atomic E-state index is 0.0747. The molecule has 5 rings (SSSR count). The summed E-state index contributed by atoms with van der Waals surface area (Å²) in [5.74, 6) is 0.565. The SMILES string of the molecule is CN(c1cccc(C(c2c(O)c3c(oc2=O)CCCCCC3)C2CC2)c1)S(=O)(=O)c1ccccc1. The molecule has 2 aliphatic rings. The highest BCUT2D eigenvalue weighted by atomic mass is 32.2. The number of benzene rings is 2. The van der Waals surface area contributed by atoms with E-state index in [4.69, 9.17) is 4.42 Å². The average molecular weight is 494 g/mol. The van der Waals surface area contributed by atoms with Gasteiger partial charge < -0.3 is 9.52 Å². The number of aryl methyl sites for hydroxylation is 1. The van der Waals surface area contributed by atoms with Crippen LogP contribution in [0, 0.1) is 5.92 Å². The second-order valence-corrected chi connectivity index (χ2v) is 11.6. The van der Waals surface area contributed by atoms with Crippen LogP contribution in [0.2, 0.25) is 0 Å². The van der Waals surface area contributed by atoms with Crippen LogP contribution in [0.5, 0.6) is 5.75 Å². The number of hydrogen-bond acceptors (Lipinski definition) is 5. The van der Waals surface area contributed by atoms with Crippen molar-refractivity contribution in [2.75, 3.05) is 11.4 Å². The molecule has 3 aromatic rings. The fourth-order valence-electron chi connectivity index (χ4n) is 5.20. The highest BCUT2D eigenvalue weighted by molar-refractivity contribution is 7.92. The van der Waals surface area contributed by atoms with Gasteiger partial charge in [0, 0.05) is 24.9 Å². The van der Waals surface area contributed by atoms with E-state index in [1.807, 2.05) is 18.2 Å². The van der Waals surface area contributed by atoms with Crippen LogP contribution >= 0.6 is 0 Å². The third-order valence-electron chi connectivity index (χ3n) is 7.29. The van der Waals surface area contributed by atoms with E-state index in [0.29, 0.717) is 29.9 Å². The third-order valence-corrected chi connectivity index (χ3v) is 9.09. The number of sulfonamides is 1. The van der Waals surface area contributed by atoms with Crippen LogP contribution in [-0.4, -0.2) is 20.6 Å². The molecular formula is C28H31NO5S. The lowest BCUT2D eigenvalue weighted by molar-refractivity contribution is 0.382. The second kappa shape index (κ2) is 9.53. The van der Waals surface area contributed by atoms with Gasteiger partial charge in [-0.1, -0.05) is 43.2 Å². The Hall–Kier alpha value is -3.06. The summed E-state index contributed by atoms with van der Waals surface area (Å²) in [5.41, 5.74) is 1.93. The van der Waals surface area contributed by atoms with Crippen molar-refractivity contribution in [2.24, 2.45) is 5.92 Å². The largest absolute Gasteiger partial charge is 0.507 e. The molecule has 1 unspecified atom stereocenters. The van der Waals surface area contributed by atoms with E-state index in [1.165, 1.54) is 11.4 Å². The molecule has 1 aromatic heterocycles. The molecule has 0 bridgehead atoms. The molecule has 1 fully saturated rings. The molecule has 0 aliphatic heterocycles. The van der Waals surface area contributed by atoms with E-state index < -0.39 is 15.6 Å². The van der Waals surface area contributed by atoms with E-state index in [-0.39, 0.29) is 22.5 Å². The Morgan fingerprint density at radius 3 is 2.40 bits per heavy atom. The van der Waals surface area contributed by atoms with Gasteiger partial charge >= 0.3 is 5.63 Å². The van der Waals surface area contributed by atoms with Crippen LogP contribution in [0.4, 0.5) is 5.69 Å². The number of rotatable bonds is 6. The molecule has 35 heavy (non-hydrogen) atoms. The molecule has 0 amide bonds. The van der Waals surface area contributed by atoms with Gasteiger partial charge in [0.2, 0.25) is 0 Å². The molecule has 6 nitrogen and oxygen atoms in total. The first-order valence-corrected chi connectivity index (χ1v) is 13.8. The summed E-state index contributed by atoms with van der Waals surface area (Å²) < 4.78 is 33.4. The quantitative estimate of drug-likeness (QED) is 0.499. The van der Waals surface area contributed by atoms with E-state index in [9.17, 15) is 18.3 Å². The molecule has 1 N–H and O–H groups in total. The minimum atomic E-state index is -3.74. The molecule has 7 heteroatoms. The van der Waals surface area contributed by atoms with Crippen molar-refractivity contribution in [1.82, 2.24) is 0 Å². The maximum absolute atomic E-state index is 13.2. The first-order valence-electron chi connectivity index (χ1n) is 12.4. The molecule has 2 aromatic carbocycles. The standard InChI is InChI=1S/C28H31NO5S/c1-29(35(32,33)22-12-5-4-6-13-22)21-11-9-10-20(18-21)25(19-16-17-19)26-27(30)23-14-7-2-3-8-15-24(23)34-28(26)31/h4-6,9-13,18-19,25,30H,2-3,7-8,14-17H2,1H3. The summed E-state index contributed by atoms with van der Waals surface area (Å²) in [4.78, 5) is 13.4. The van der Waals surface area contributed by atoms with E-state index in [0.717, 1.165) is 49.7 Å². The maximum Gasteiger partial charge on any atom is 0.343 e.